The van der Waals surface area contributed by atoms with Crippen molar-refractivity contribution >= 4 is 33.9 Å². The van der Waals surface area contributed by atoms with Gasteiger partial charge in [-0.1, -0.05) is 68.1 Å². The van der Waals surface area contributed by atoms with Gasteiger partial charge in [0.25, 0.3) is 0 Å². The Labute approximate surface area is 168 Å². The topological polar surface area (TPSA) is 30.7 Å². The van der Waals surface area contributed by atoms with Gasteiger partial charge in [-0.05, 0) is 35.2 Å². The number of thioether (sulfide) groups is 1. The fraction of sp³-hybridized carbons (Fsp3) is 0.273. The van der Waals surface area contributed by atoms with Crippen molar-refractivity contribution in [3.05, 3.63) is 64.4 Å². The fourth-order valence-electron chi connectivity index (χ4n) is 3.23. The van der Waals surface area contributed by atoms with Crippen molar-refractivity contribution in [2.75, 3.05) is 0 Å². The first kappa shape index (κ1) is 18.3. The minimum Gasteiger partial charge on any atom is -0.302 e. The Bertz CT molecular complexity index is 1060. The van der Waals surface area contributed by atoms with Gasteiger partial charge in [0.05, 0.1) is 0 Å². The lowest BCUT2D eigenvalue weighted by Gasteiger charge is -2.08. The molecule has 0 atom stereocenters. The molecule has 0 aliphatic heterocycles. The van der Waals surface area contributed by atoms with Crippen LogP contribution in [0.3, 0.4) is 0 Å². The third kappa shape index (κ3) is 3.66. The van der Waals surface area contributed by atoms with Gasteiger partial charge in [0, 0.05) is 28.1 Å². The van der Waals surface area contributed by atoms with E-state index in [-0.39, 0.29) is 0 Å². The van der Waals surface area contributed by atoms with Gasteiger partial charge < -0.3 is 4.57 Å². The Morgan fingerprint density at radius 2 is 1.89 bits per heavy atom. The van der Waals surface area contributed by atoms with Crippen LogP contribution in [0, 0.1) is 0 Å². The summed E-state index contributed by atoms with van der Waals surface area (Å²) in [6.07, 6.45) is 0. The first-order chi connectivity index (χ1) is 13.2. The minimum atomic E-state index is 0.543. The third-order valence-corrected chi connectivity index (χ3v) is 6.97. The summed E-state index contributed by atoms with van der Waals surface area (Å²) in [7, 11) is 0. The van der Waals surface area contributed by atoms with Crippen molar-refractivity contribution in [3.63, 3.8) is 0 Å². The summed E-state index contributed by atoms with van der Waals surface area (Å²) in [5.41, 5.74) is 2.51. The van der Waals surface area contributed by atoms with E-state index in [4.69, 9.17) is 0 Å². The molecule has 0 radical (unpaired) electrons. The SMILES string of the molecule is CCn1c(SCc2cccc3ccccc23)nnc1-c1csc(C(C)C)c1. The number of benzene rings is 2. The second kappa shape index (κ2) is 7.87. The Morgan fingerprint density at radius 1 is 1.07 bits per heavy atom. The molecule has 3 nitrogen and oxygen atoms in total. The molecule has 0 aliphatic carbocycles. The molecule has 2 aromatic carbocycles. The maximum absolute atomic E-state index is 4.50. The lowest BCUT2D eigenvalue weighted by molar-refractivity contribution is 0.687. The molecule has 0 saturated carbocycles. The Balaban J connectivity index is 1.60. The highest BCUT2D eigenvalue weighted by atomic mass is 32.2. The van der Waals surface area contributed by atoms with E-state index in [1.807, 2.05) is 0 Å². The number of thiophene rings is 1. The van der Waals surface area contributed by atoms with Crippen molar-refractivity contribution in [1.82, 2.24) is 14.8 Å². The number of rotatable bonds is 6. The van der Waals surface area contributed by atoms with E-state index >= 15 is 0 Å². The van der Waals surface area contributed by atoms with Crippen LogP contribution in [0.1, 0.15) is 37.1 Å². The molecular formula is C22H23N3S2. The molecule has 27 heavy (non-hydrogen) atoms. The molecule has 2 aromatic heterocycles. The van der Waals surface area contributed by atoms with E-state index in [1.54, 1.807) is 23.1 Å². The normalized spacial score (nSPS) is 11.6. The summed E-state index contributed by atoms with van der Waals surface area (Å²) in [6.45, 7) is 7.48. The van der Waals surface area contributed by atoms with Crippen molar-refractivity contribution in [3.8, 4) is 11.4 Å². The zero-order valence-corrected chi connectivity index (χ0v) is 17.5. The maximum Gasteiger partial charge on any atom is 0.191 e. The highest BCUT2D eigenvalue weighted by molar-refractivity contribution is 7.98. The predicted molar refractivity (Wildman–Crippen MR) is 117 cm³/mol. The van der Waals surface area contributed by atoms with Crippen LogP contribution in [-0.4, -0.2) is 14.8 Å². The van der Waals surface area contributed by atoms with Gasteiger partial charge in [0.2, 0.25) is 0 Å². The van der Waals surface area contributed by atoms with Gasteiger partial charge in [0.15, 0.2) is 11.0 Å². The second-order valence-electron chi connectivity index (χ2n) is 6.87. The Morgan fingerprint density at radius 3 is 2.67 bits per heavy atom. The van der Waals surface area contributed by atoms with Gasteiger partial charge in [0.1, 0.15) is 0 Å². The maximum atomic E-state index is 4.50. The van der Waals surface area contributed by atoms with Crippen LogP contribution in [0.25, 0.3) is 22.2 Å². The quantitative estimate of drug-likeness (QED) is 0.346. The Hall–Kier alpha value is -2.11. The van der Waals surface area contributed by atoms with Gasteiger partial charge in [-0.15, -0.1) is 21.5 Å². The molecule has 138 valence electrons. The van der Waals surface area contributed by atoms with Crippen LogP contribution in [0.15, 0.2) is 59.1 Å². The molecule has 2 heterocycles. The first-order valence-electron chi connectivity index (χ1n) is 9.28. The molecule has 0 unspecified atom stereocenters. The highest BCUT2D eigenvalue weighted by Gasteiger charge is 2.16. The molecular weight excluding hydrogens is 370 g/mol. The minimum absolute atomic E-state index is 0.543. The standard InChI is InChI=1S/C22H23N3S2/c1-4-25-21(18-12-20(15(2)3)26-14-18)23-24-22(25)27-13-17-10-7-9-16-8-5-6-11-19(16)17/h5-12,14-15H,4,13H2,1-3H3. The van der Waals surface area contributed by atoms with E-state index in [0.29, 0.717) is 5.92 Å². The molecule has 4 aromatic rings. The van der Waals surface area contributed by atoms with E-state index in [2.05, 4.69) is 89.4 Å². The largest absolute Gasteiger partial charge is 0.302 e. The van der Waals surface area contributed by atoms with Crippen molar-refractivity contribution in [1.29, 1.82) is 0 Å². The van der Waals surface area contributed by atoms with Crippen LogP contribution in [0.5, 0.6) is 0 Å². The molecule has 0 saturated heterocycles. The van der Waals surface area contributed by atoms with Crippen LogP contribution in [0.4, 0.5) is 0 Å². The van der Waals surface area contributed by atoms with E-state index in [0.717, 1.165) is 23.3 Å². The lowest BCUT2D eigenvalue weighted by Crippen LogP contribution is -1.99. The van der Waals surface area contributed by atoms with Crippen LogP contribution >= 0.6 is 23.1 Å². The van der Waals surface area contributed by atoms with Gasteiger partial charge in [-0.3, -0.25) is 0 Å². The number of hydrogen-bond donors (Lipinski definition) is 0. The molecule has 0 N–H and O–H groups in total. The molecule has 4 rings (SSSR count). The van der Waals surface area contributed by atoms with E-state index in [1.165, 1.54) is 26.8 Å². The van der Waals surface area contributed by atoms with E-state index < -0.39 is 0 Å². The molecule has 0 spiro atoms. The molecule has 0 bridgehead atoms. The fourth-order valence-corrected chi connectivity index (χ4v) is 5.14. The Kier molecular flexibility index (Phi) is 5.32. The lowest BCUT2D eigenvalue weighted by atomic mass is 10.1. The van der Waals surface area contributed by atoms with Crippen molar-refractivity contribution in [2.24, 2.45) is 0 Å². The first-order valence-corrected chi connectivity index (χ1v) is 11.1. The summed E-state index contributed by atoms with van der Waals surface area (Å²) < 4.78 is 2.22. The summed E-state index contributed by atoms with van der Waals surface area (Å²) in [5, 5.41) is 14.8. The van der Waals surface area contributed by atoms with Crippen LogP contribution in [-0.2, 0) is 12.3 Å². The van der Waals surface area contributed by atoms with E-state index in [9.17, 15) is 0 Å². The summed E-state index contributed by atoms with van der Waals surface area (Å²) in [4.78, 5) is 1.39. The van der Waals surface area contributed by atoms with Crippen LogP contribution < -0.4 is 0 Å². The number of fused-ring (bicyclic) bond motifs is 1. The molecule has 0 aliphatic rings. The summed E-state index contributed by atoms with van der Waals surface area (Å²) in [6, 6.07) is 17.3. The molecule has 5 heteroatoms. The van der Waals surface area contributed by atoms with Crippen molar-refractivity contribution in [2.45, 2.75) is 44.1 Å². The zero-order chi connectivity index (χ0) is 18.8. The summed E-state index contributed by atoms with van der Waals surface area (Å²) in [5.74, 6) is 2.41. The third-order valence-electron chi connectivity index (χ3n) is 4.72. The number of aromatic nitrogens is 3. The van der Waals surface area contributed by atoms with Gasteiger partial charge in [-0.25, -0.2) is 0 Å². The molecule has 0 fully saturated rings. The monoisotopic (exact) mass is 393 g/mol. The number of hydrogen-bond acceptors (Lipinski definition) is 4. The van der Waals surface area contributed by atoms with Gasteiger partial charge >= 0.3 is 0 Å². The average Bonchev–Trinajstić information content (AvgIpc) is 3.33. The predicted octanol–water partition coefficient (Wildman–Crippen LogP) is 6.60. The zero-order valence-electron chi connectivity index (χ0n) is 15.8. The van der Waals surface area contributed by atoms with Crippen molar-refractivity contribution < 1.29 is 0 Å². The van der Waals surface area contributed by atoms with Crippen LogP contribution in [0.2, 0.25) is 0 Å². The molecule has 0 amide bonds. The number of nitrogens with zero attached hydrogens (tertiary/aromatic N) is 3. The smallest absolute Gasteiger partial charge is 0.191 e. The average molecular weight is 394 g/mol. The summed E-state index contributed by atoms with van der Waals surface area (Å²) >= 11 is 3.57. The van der Waals surface area contributed by atoms with Gasteiger partial charge in [-0.2, -0.15) is 0 Å². The second-order valence-corrected chi connectivity index (χ2v) is 8.76. The highest BCUT2D eigenvalue weighted by Crippen LogP contribution is 2.32.